The molecule has 6 rings (SSSR count). The molecule has 2 heterocycles. The summed E-state index contributed by atoms with van der Waals surface area (Å²) in [5.41, 5.74) is 2.12. The van der Waals surface area contributed by atoms with Gasteiger partial charge in [0.25, 0.3) is 0 Å². The van der Waals surface area contributed by atoms with Crippen molar-refractivity contribution in [3.8, 4) is 11.4 Å². The third-order valence-corrected chi connectivity index (χ3v) is 4.57. The second-order valence-corrected chi connectivity index (χ2v) is 10.2. The number of halogens is 2. The van der Waals surface area contributed by atoms with Crippen LogP contribution in [0.4, 0.5) is 0 Å². The molecule has 6 nitrogen and oxygen atoms in total. The summed E-state index contributed by atoms with van der Waals surface area (Å²) in [6.45, 7) is 0. The van der Waals surface area contributed by atoms with Crippen molar-refractivity contribution in [2.24, 2.45) is 0 Å². The first-order valence-electron chi connectivity index (χ1n) is 9.25. The molecule has 9 heteroatoms. The minimum Gasteiger partial charge on any atom is -0.240 e. The second kappa shape index (κ2) is 10.6. The van der Waals surface area contributed by atoms with Crippen LogP contribution in [0.3, 0.4) is 0 Å². The van der Waals surface area contributed by atoms with Crippen molar-refractivity contribution < 1.29 is 20.8 Å². The molecule has 0 saturated carbocycles. The minimum absolute atomic E-state index is 0.826. The predicted molar refractivity (Wildman–Crippen MR) is 121 cm³/mol. The van der Waals surface area contributed by atoms with E-state index in [0.717, 1.165) is 11.4 Å². The van der Waals surface area contributed by atoms with Crippen molar-refractivity contribution in [1.29, 1.82) is 0 Å². The zero-order valence-electron chi connectivity index (χ0n) is 16.2. The Morgan fingerprint density at radius 2 is 1.10 bits per heavy atom. The Balaban J connectivity index is 0.000000133. The van der Waals surface area contributed by atoms with Gasteiger partial charge in [0.2, 0.25) is 0 Å². The quantitative estimate of drug-likeness (QED) is 0.274. The molecule has 6 aromatic rings. The average molecular weight is 527 g/mol. The van der Waals surface area contributed by atoms with E-state index in [1.54, 1.807) is 22.0 Å². The van der Waals surface area contributed by atoms with Crippen molar-refractivity contribution >= 4 is 38.6 Å². The summed E-state index contributed by atoms with van der Waals surface area (Å²) in [4.78, 5) is 7.84. The van der Waals surface area contributed by atoms with Gasteiger partial charge in [0.15, 0.2) is 0 Å². The van der Waals surface area contributed by atoms with E-state index in [1.165, 1.54) is 34.2 Å². The van der Waals surface area contributed by atoms with Crippen LogP contribution in [0.5, 0.6) is 0 Å². The first-order chi connectivity index (χ1) is 15.3. The molecule has 0 aliphatic rings. The number of benzene rings is 2. The van der Waals surface area contributed by atoms with Gasteiger partial charge in [-0.3, -0.25) is 0 Å². The first kappa shape index (κ1) is 21.6. The monoisotopic (exact) mass is 524 g/mol. The zero-order chi connectivity index (χ0) is 21.5. The Kier molecular flexibility index (Phi) is 7.41. The summed E-state index contributed by atoms with van der Waals surface area (Å²) in [6.07, 6.45) is 6.48. The fourth-order valence-electron chi connectivity index (χ4n) is 3.22. The minimum atomic E-state index is -0.826. The molecule has 0 N–H and O–H groups in total. The van der Waals surface area contributed by atoms with Crippen LogP contribution in [-0.2, 0) is 20.8 Å². The molecule has 0 amide bonds. The maximum atomic E-state index is 4.93. The molecule has 0 aliphatic carbocycles. The molecule has 2 aromatic heterocycles. The van der Waals surface area contributed by atoms with E-state index in [-0.39, 0.29) is 0 Å². The molecule has 0 radical (unpaired) electrons. The number of hydrogen-bond acceptors (Lipinski definition) is 4. The predicted octanol–water partition coefficient (Wildman–Crippen LogP) is 5.66. The number of fused-ring (bicyclic) bond motifs is 2. The summed E-state index contributed by atoms with van der Waals surface area (Å²) >= 11 is -0.826. The van der Waals surface area contributed by atoms with Crippen molar-refractivity contribution in [2.75, 3.05) is 0 Å². The number of aromatic nitrogens is 6. The molecule has 152 valence electrons. The van der Waals surface area contributed by atoms with Crippen LogP contribution >= 0.6 is 17.0 Å². The van der Waals surface area contributed by atoms with E-state index < -0.39 is 20.8 Å². The average Bonchev–Trinajstić information content (AvgIpc) is 3.60. The van der Waals surface area contributed by atoms with Crippen LogP contribution < -0.4 is 0 Å². The van der Waals surface area contributed by atoms with E-state index >= 15 is 0 Å². The normalized spacial score (nSPS) is 10.1. The Labute approximate surface area is 197 Å². The summed E-state index contributed by atoms with van der Waals surface area (Å²) < 4.78 is 3.53. The smallest absolute Gasteiger partial charge is 0.138 e. The van der Waals surface area contributed by atoms with E-state index in [0.29, 0.717) is 0 Å². The van der Waals surface area contributed by atoms with Gasteiger partial charge >= 0.3 is 37.9 Å². The Morgan fingerprint density at radius 1 is 0.677 bits per heavy atom. The Bertz CT molecular complexity index is 1170. The number of nitrogens with zero attached hydrogens (tertiary/aromatic N) is 6. The number of rotatable bonds is 2. The van der Waals surface area contributed by atoms with Gasteiger partial charge in [-0.2, -0.15) is 10.2 Å². The summed E-state index contributed by atoms with van der Waals surface area (Å²) in [5, 5.41) is 13.1. The maximum absolute atomic E-state index is 4.93. The first-order valence-corrected chi connectivity index (χ1v) is 15.6. The van der Waals surface area contributed by atoms with Gasteiger partial charge in [-0.25, -0.2) is 19.3 Å². The van der Waals surface area contributed by atoms with Crippen LogP contribution in [0.15, 0.2) is 98.1 Å². The summed E-state index contributed by atoms with van der Waals surface area (Å²) in [7, 11) is 9.87. The van der Waals surface area contributed by atoms with Crippen molar-refractivity contribution in [3.63, 3.8) is 0 Å². The molecule has 31 heavy (non-hydrogen) atoms. The fraction of sp³-hybridized carbons (Fsp3) is 0. The molecule has 4 aromatic carbocycles. The van der Waals surface area contributed by atoms with E-state index in [1.807, 2.05) is 24.3 Å². The van der Waals surface area contributed by atoms with Crippen LogP contribution in [0.2, 0.25) is 0 Å². The van der Waals surface area contributed by atoms with E-state index in [2.05, 4.69) is 68.7 Å². The largest absolute Gasteiger partial charge is 0.240 e. The fourth-order valence-corrected chi connectivity index (χ4v) is 3.22. The van der Waals surface area contributed by atoms with Crippen molar-refractivity contribution in [2.45, 2.75) is 0 Å². The van der Waals surface area contributed by atoms with Gasteiger partial charge in [-0.15, -0.1) is 82.2 Å². The van der Waals surface area contributed by atoms with Gasteiger partial charge in [0, 0.05) is 0 Å². The summed E-state index contributed by atoms with van der Waals surface area (Å²) in [6, 6.07) is 24.9. The van der Waals surface area contributed by atoms with Gasteiger partial charge < -0.3 is 0 Å². The molecule has 0 saturated heterocycles. The third-order valence-electron chi connectivity index (χ3n) is 4.57. The molecule has 0 spiro atoms. The Morgan fingerprint density at radius 3 is 1.45 bits per heavy atom. The summed E-state index contributed by atoms with van der Waals surface area (Å²) in [5.74, 6) is 0. The zero-order valence-corrected chi connectivity index (χ0v) is 20.1. The maximum Gasteiger partial charge on any atom is 0.138 e. The second-order valence-electron chi connectivity index (χ2n) is 6.44. The van der Waals surface area contributed by atoms with Gasteiger partial charge in [0.1, 0.15) is 25.3 Å². The topological polar surface area (TPSA) is 61.4 Å². The molecule has 0 aliphatic heterocycles. The van der Waals surface area contributed by atoms with Crippen LogP contribution in [0.25, 0.3) is 32.9 Å². The van der Waals surface area contributed by atoms with Crippen LogP contribution in [0, 0.1) is 0 Å². The van der Waals surface area contributed by atoms with E-state index in [9.17, 15) is 0 Å². The third kappa shape index (κ3) is 5.37. The standard InChI is InChI=1S/2C11H8N3.2ClH.Zr/c2*1-2-4-10-6-11(5-9(10)3-1)14-8-12-7-13-14;;;/h2*1-8H;2*1H;/q2*-1;;;+4/p-2. The van der Waals surface area contributed by atoms with Gasteiger partial charge in [0.05, 0.1) is 0 Å². The number of hydrogen-bond donors (Lipinski definition) is 0. The molecular formula is C22H16Cl2N6Zr. The van der Waals surface area contributed by atoms with Crippen molar-refractivity contribution in [1.82, 2.24) is 29.5 Å². The molecule has 0 bridgehead atoms. The molecule has 0 fully saturated rings. The van der Waals surface area contributed by atoms with Gasteiger partial charge in [-0.05, 0) is 11.4 Å². The van der Waals surface area contributed by atoms with E-state index in [4.69, 9.17) is 17.0 Å². The molecule has 0 atom stereocenters. The van der Waals surface area contributed by atoms with Crippen LogP contribution in [-0.4, -0.2) is 29.5 Å². The Hall–Kier alpha value is -2.60. The SMILES string of the molecule is [Cl][Zr+2][Cl].c1ccc2[cH-]c(-n3cncn3)cc2c1.c1ccc2[cH-]c(-n3cncn3)cc2c1. The van der Waals surface area contributed by atoms with Crippen LogP contribution in [0.1, 0.15) is 0 Å². The molecular weight excluding hydrogens is 510 g/mol. The van der Waals surface area contributed by atoms with Gasteiger partial charge in [-0.1, -0.05) is 12.1 Å². The molecule has 0 unspecified atom stereocenters. The van der Waals surface area contributed by atoms with Crippen molar-refractivity contribution in [3.05, 3.63) is 98.1 Å².